The highest BCUT2D eigenvalue weighted by atomic mass is 35.5. The lowest BCUT2D eigenvalue weighted by atomic mass is 10.0. The molecule has 0 radical (unpaired) electrons. The molecule has 0 amide bonds. The van der Waals surface area contributed by atoms with Gasteiger partial charge in [-0.2, -0.15) is 0 Å². The van der Waals surface area contributed by atoms with E-state index < -0.39 is 0 Å². The van der Waals surface area contributed by atoms with Gasteiger partial charge in [-0.25, -0.2) is 5.43 Å². The Morgan fingerprint density at radius 2 is 1.95 bits per heavy atom. The predicted octanol–water partition coefficient (Wildman–Crippen LogP) is 3.69. The third kappa shape index (κ3) is 3.59. The summed E-state index contributed by atoms with van der Waals surface area (Å²) in [4.78, 5) is 0. The van der Waals surface area contributed by atoms with Crippen molar-refractivity contribution in [1.82, 2.24) is 10.7 Å². The van der Waals surface area contributed by atoms with E-state index >= 15 is 0 Å². The number of hydrogen-bond donors (Lipinski definition) is 2. The molecule has 1 fully saturated rings. The van der Waals surface area contributed by atoms with Crippen LogP contribution in [0.15, 0.2) is 24.3 Å². The van der Waals surface area contributed by atoms with Crippen molar-refractivity contribution in [2.24, 2.45) is 5.92 Å². The fraction of sp³-hybridized carbons (Fsp3) is 0.500. The topological polar surface area (TPSA) is 27.3 Å². The summed E-state index contributed by atoms with van der Waals surface area (Å²) in [6.45, 7) is 6.60. The number of benzene rings is 1. The van der Waals surface area contributed by atoms with Crippen molar-refractivity contribution in [3.05, 3.63) is 29.3 Å². The summed E-state index contributed by atoms with van der Waals surface area (Å²) in [5.41, 5.74) is 4.26. The second-order valence-electron chi connectivity index (χ2n) is 5.62. The standard InChI is InChI=1S/C14H20ClN3S/c1-10(2)8-9-14(3)16-13(19)18(17-14)12-6-4-11(15)5-7-12/h4-7,10,17H,8-9H2,1-3H3,(H,16,19)/t14-/m0/s1. The average Bonchev–Trinajstić information content (AvgIpc) is 2.64. The Morgan fingerprint density at radius 3 is 2.53 bits per heavy atom. The molecule has 1 heterocycles. The van der Waals surface area contributed by atoms with Crippen LogP contribution in [0.1, 0.15) is 33.6 Å². The SMILES string of the molecule is CC(C)CC[C@@]1(C)NC(=S)N(c2ccc(Cl)cc2)N1. The molecule has 0 bridgehead atoms. The molecule has 1 aromatic rings. The van der Waals surface area contributed by atoms with E-state index in [0.717, 1.165) is 23.6 Å². The van der Waals surface area contributed by atoms with Crippen LogP contribution in [0.25, 0.3) is 0 Å². The Bertz CT molecular complexity index is 460. The van der Waals surface area contributed by atoms with Gasteiger partial charge >= 0.3 is 0 Å². The van der Waals surface area contributed by atoms with Crippen molar-refractivity contribution < 1.29 is 0 Å². The fourth-order valence-electron chi connectivity index (χ4n) is 2.09. The molecule has 2 rings (SSSR count). The largest absolute Gasteiger partial charge is 0.342 e. The van der Waals surface area contributed by atoms with Gasteiger partial charge < -0.3 is 5.32 Å². The number of rotatable bonds is 4. The molecule has 104 valence electrons. The third-order valence-corrected chi connectivity index (χ3v) is 3.79. The van der Waals surface area contributed by atoms with Crippen LogP contribution in [0.4, 0.5) is 5.69 Å². The number of anilines is 1. The highest BCUT2D eigenvalue weighted by Gasteiger charge is 2.36. The van der Waals surface area contributed by atoms with Crippen molar-refractivity contribution in [3.8, 4) is 0 Å². The van der Waals surface area contributed by atoms with E-state index in [1.54, 1.807) is 0 Å². The van der Waals surface area contributed by atoms with E-state index in [1.807, 2.05) is 29.3 Å². The van der Waals surface area contributed by atoms with Crippen molar-refractivity contribution >= 4 is 34.6 Å². The first-order chi connectivity index (χ1) is 8.89. The van der Waals surface area contributed by atoms with Crippen molar-refractivity contribution in [2.45, 2.75) is 39.3 Å². The summed E-state index contributed by atoms with van der Waals surface area (Å²) in [6, 6.07) is 7.64. The lowest BCUT2D eigenvalue weighted by Crippen LogP contribution is -2.48. The van der Waals surface area contributed by atoms with Crippen LogP contribution in [0.3, 0.4) is 0 Å². The van der Waals surface area contributed by atoms with E-state index in [9.17, 15) is 0 Å². The van der Waals surface area contributed by atoms with Crippen LogP contribution in [0, 0.1) is 5.92 Å². The monoisotopic (exact) mass is 297 g/mol. The molecule has 0 spiro atoms. The Kier molecular flexibility index (Phi) is 4.33. The van der Waals surface area contributed by atoms with E-state index in [2.05, 4.69) is 31.5 Å². The summed E-state index contributed by atoms with van der Waals surface area (Å²) in [5, 5.41) is 6.70. The van der Waals surface area contributed by atoms with Crippen LogP contribution in [-0.2, 0) is 0 Å². The maximum absolute atomic E-state index is 5.91. The molecule has 0 aliphatic carbocycles. The minimum atomic E-state index is -0.180. The molecule has 1 aliphatic heterocycles. The van der Waals surface area contributed by atoms with Crippen molar-refractivity contribution in [3.63, 3.8) is 0 Å². The first-order valence-electron chi connectivity index (χ1n) is 6.55. The average molecular weight is 298 g/mol. The first-order valence-corrected chi connectivity index (χ1v) is 7.34. The number of halogens is 1. The van der Waals surface area contributed by atoms with Crippen LogP contribution >= 0.6 is 23.8 Å². The van der Waals surface area contributed by atoms with Gasteiger partial charge in [0.15, 0.2) is 5.11 Å². The van der Waals surface area contributed by atoms with Gasteiger partial charge in [-0.05, 0) is 62.2 Å². The van der Waals surface area contributed by atoms with Crippen molar-refractivity contribution in [2.75, 3.05) is 5.01 Å². The van der Waals surface area contributed by atoms with Gasteiger partial charge in [-0.15, -0.1) is 0 Å². The molecule has 19 heavy (non-hydrogen) atoms. The maximum atomic E-state index is 5.91. The Balaban J connectivity index is 2.08. The van der Waals surface area contributed by atoms with Gasteiger partial charge in [0, 0.05) is 5.02 Å². The lowest BCUT2D eigenvalue weighted by Gasteiger charge is -2.26. The van der Waals surface area contributed by atoms with Crippen LogP contribution in [0.2, 0.25) is 5.02 Å². The summed E-state index contributed by atoms with van der Waals surface area (Å²) in [7, 11) is 0. The van der Waals surface area contributed by atoms with Crippen LogP contribution in [0.5, 0.6) is 0 Å². The van der Waals surface area contributed by atoms with Gasteiger partial charge in [-0.3, -0.25) is 5.01 Å². The van der Waals surface area contributed by atoms with Crippen molar-refractivity contribution in [1.29, 1.82) is 0 Å². The predicted molar refractivity (Wildman–Crippen MR) is 85.3 cm³/mol. The quantitative estimate of drug-likeness (QED) is 0.829. The molecule has 3 nitrogen and oxygen atoms in total. The minimum Gasteiger partial charge on any atom is -0.342 e. The molecule has 5 heteroatoms. The van der Waals surface area contributed by atoms with E-state index in [1.165, 1.54) is 0 Å². The van der Waals surface area contributed by atoms with E-state index in [-0.39, 0.29) is 5.66 Å². The molecular weight excluding hydrogens is 278 g/mol. The molecular formula is C14H20ClN3S. The van der Waals surface area contributed by atoms with Gasteiger partial charge in [0.2, 0.25) is 0 Å². The molecule has 1 atom stereocenters. The number of thiocarbonyl (C=S) groups is 1. The summed E-state index contributed by atoms with van der Waals surface area (Å²) in [6.07, 6.45) is 2.17. The smallest absolute Gasteiger partial charge is 0.189 e. The highest BCUT2D eigenvalue weighted by Crippen LogP contribution is 2.24. The normalized spacial score (nSPS) is 23.0. The minimum absolute atomic E-state index is 0.180. The summed E-state index contributed by atoms with van der Waals surface area (Å²) < 4.78 is 0. The molecule has 0 aromatic heterocycles. The molecule has 0 saturated carbocycles. The Labute approximate surface area is 125 Å². The molecule has 1 saturated heterocycles. The van der Waals surface area contributed by atoms with Crippen LogP contribution in [-0.4, -0.2) is 10.8 Å². The van der Waals surface area contributed by atoms with Gasteiger partial charge in [0.05, 0.1) is 5.69 Å². The zero-order chi connectivity index (χ0) is 14.0. The van der Waals surface area contributed by atoms with Gasteiger partial charge in [0.25, 0.3) is 0 Å². The maximum Gasteiger partial charge on any atom is 0.189 e. The zero-order valence-electron chi connectivity index (χ0n) is 11.5. The van der Waals surface area contributed by atoms with Gasteiger partial charge in [-0.1, -0.05) is 25.4 Å². The number of hydrazine groups is 1. The second kappa shape index (κ2) is 5.65. The summed E-state index contributed by atoms with van der Waals surface area (Å²) >= 11 is 11.3. The molecule has 2 N–H and O–H groups in total. The lowest BCUT2D eigenvalue weighted by molar-refractivity contribution is 0.318. The fourth-order valence-corrected chi connectivity index (χ4v) is 2.59. The zero-order valence-corrected chi connectivity index (χ0v) is 13.1. The van der Waals surface area contributed by atoms with Crippen LogP contribution < -0.4 is 15.8 Å². The van der Waals surface area contributed by atoms with Gasteiger partial charge in [0.1, 0.15) is 5.66 Å². The third-order valence-electron chi connectivity index (χ3n) is 3.25. The highest BCUT2D eigenvalue weighted by molar-refractivity contribution is 7.80. The van der Waals surface area contributed by atoms with E-state index in [0.29, 0.717) is 11.0 Å². The number of hydrogen-bond acceptors (Lipinski definition) is 2. The van der Waals surface area contributed by atoms with E-state index in [4.69, 9.17) is 23.8 Å². The Hall–Kier alpha value is -0.840. The first kappa shape index (κ1) is 14.6. The Morgan fingerprint density at radius 1 is 1.32 bits per heavy atom. The molecule has 0 unspecified atom stereocenters. The number of nitrogens with one attached hydrogen (secondary N) is 2. The summed E-state index contributed by atoms with van der Waals surface area (Å²) in [5.74, 6) is 0.679. The molecule has 1 aliphatic rings. The number of nitrogens with zero attached hydrogens (tertiary/aromatic N) is 1. The molecule has 1 aromatic carbocycles. The second-order valence-corrected chi connectivity index (χ2v) is 6.44.